The molecule has 0 saturated heterocycles. The molecule has 4 rings (SSSR count). The summed E-state index contributed by atoms with van der Waals surface area (Å²) in [7, 11) is 0. The first-order valence-electron chi connectivity index (χ1n) is 9.48. The highest BCUT2D eigenvalue weighted by molar-refractivity contribution is 5.95. The average Bonchev–Trinajstić information content (AvgIpc) is 3.33. The molecule has 136 valence electrons. The molecule has 1 aliphatic carbocycles. The normalized spacial score (nSPS) is 14.2. The summed E-state index contributed by atoms with van der Waals surface area (Å²) in [6.45, 7) is 11.5. The van der Waals surface area contributed by atoms with Crippen molar-refractivity contribution in [3.8, 4) is 11.3 Å². The number of hydrogen-bond donors (Lipinski definition) is 0. The molecule has 0 unspecified atom stereocenters. The van der Waals surface area contributed by atoms with Gasteiger partial charge in [0.1, 0.15) is 17.0 Å². The number of hydrogen-bond acceptors (Lipinski definition) is 5. The van der Waals surface area contributed by atoms with Crippen molar-refractivity contribution in [2.24, 2.45) is 0 Å². The Morgan fingerprint density at radius 3 is 2.38 bits per heavy atom. The van der Waals surface area contributed by atoms with Crippen molar-refractivity contribution in [2.45, 2.75) is 59.9 Å². The van der Waals surface area contributed by atoms with Crippen LogP contribution in [0.25, 0.3) is 22.4 Å². The predicted molar refractivity (Wildman–Crippen MR) is 105 cm³/mol. The van der Waals surface area contributed by atoms with Crippen molar-refractivity contribution >= 4 is 16.9 Å². The molecule has 0 N–H and O–H groups in total. The molecule has 1 aliphatic rings. The van der Waals surface area contributed by atoms with Gasteiger partial charge in [0.15, 0.2) is 5.82 Å². The highest BCUT2D eigenvalue weighted by Crippen LogP contribution is 2.38. The zero-order chi connectivity index (χ0) is 18.4. The average molecular weight is 350 g/mol. The number of aromatic nitrogens is 3. The van der Waals surface area contributed by atoms with E-state index in [1.807, 2.05) is 6.92 Å². The van der Waals surface area contributed by atoms with E-state index < -0.39 is 0 Å². The third-order valence-corrected chi connectivity index (χ3v) is 5.05. The Kier molecular flexibility index (Phi) is 4.17. The molecule has 1 aromatic carbocycles. The fourth-order valence-corrected chi connectivity index (χ4v) is 3.93. The molecule has 26 heavy (non-hydrogen) atoms. The molecular formula is C21H26N4O. The van der Waals surface area contributed by atoms with Crippen LogP contribution in [0.3, 0.4) is 0 Å². The molecule has 0 aliphatic heterocycles. The minimum absolute atomic E-state index is 0.573. The summed E-state index contributed by atoms with van der Waals surface area (Å²) in [5.74, 6) is 1.67. The van der Waals surface area contributed by atoms with Gasteiger partial charge in [-0.25, -0.2) is 9.97 Å². The van der Waals surface area contributed by atoms with E-state index in [9.17, 15) is 0 Å². The first-order chi connectivity index (χ1) is 12.5. The Morgan fingerprint density at radius 2 is 1.77 bits per heavy atom. The van der Waals surface area contributed by atoms with E-state index in [2.05, 4.69) is 49.9 Å². The Hall–Kier alpha value is -2.43. The number of rotatable bonds is 5. The van der Waals surface area contributed by atoms with Crippen LogP contribution in [0.4, 0.5) is 5.82 Å². The first-order valence-corrected chi connectivity index (χ1v) is 9.48. The van der Waals surface area contributed by atoms with Crippen molar-refractivity contribution in [1.29, 1.82) is 0 Å². The third-order valence-electron chi connectivity index (χ3n) is 5.05. The lowest BCUT2D eigenvalue weighted by Gasteiger charge is -2.22. The fraction of sp³-hybridized carbons (Fsp3) is 0.476. The van der Waals surface area contributed by atoms with Gasteiger partial charge in [0, 0.05) is 18.2 Å². The minimum Gasteiger partial charge on any atom is -0.350 e. The minimum atomic E-state index is 0.573. The van der Waals surface area contributed by atoms with E-state index in [0.29, 0.717) is 11.6 Å². The van der Waals surface area contributed by atoms with Gasteiger partial charge in [-0.3, -0.25) is 0 Å². The second-order valence-electron chi connectivity index (χ2n) is 7.50. The molecule has 0 amide bonds. The maximum Gasteiger partial charge on any atom is 0.228 e. The Labute approximate surface area is 154 Å². The first kappa shape index (κ1) is 17.0. The molecule has 3 aromatic rings. The van der Waals surface area contributed by atoms with Crippen LogP contribution in [0.5, 0.6) is 0 Å². The van der Waals surface area contributed by atoms with E-state index in [1.165, 1.54) is 29.5 Å². The molecule has 0 radical (unpaired) electrons. The lowest BCUT2D eigenvalue weighted by Crippen LogP contribution is -2.27. The van der Waals surface area contributed by atoms with Gasteiger partial charge in [-0.15, -0.1) is 0 Å². The zero-order valence-electron chi connectivity index (χ0n) is 16.3. The maximum absolute atomic E-state index is 5.82. The van der Waals surface area contributed by atoms with Gasteiger partial charge in [0.2, 0.25) is 5.58 Å². The summed E-state index contributed by atoms with van der Waals surface area (Å²) >= 11 is 0. The van der Waals surface area contributed by atoms with Crippen molar-refractivity contribution in [2.75, 3.05) is 11.4 Å². The van der Waals surface area contributed by atoms with Gasteiger partial charge in [-0.05, 0) is 58.1 Å². The largest absolute Gasteiger partial charge is 0.350 e. The van der Waals surface area contributed by atoms with Crippen LogP contribution in [-0.4, -0.2) is 27.7 Å². The summed E-state index contributed by atoms with van der Waals surface area (Å²) in [4.78, 5) is 11.8. The molecule has 0 bridgehead atoms. The van der Waals surface area contributed by atoms with Crippen LogP contribution < -0.4 is 4.90 Å². The summed E-state index contributed by atoms with van der Waals surface area (Å²) in [6, 6.07) is 4.94. The van der Waals surface area contributed by atoms with Crippen molar-refractivity contribution in [3.05, 3.63) is 34.6 Å². The monoisotopic (exact) mass is 350 g/mol. The van der Waals surface area contributed by atoms with E-state index in [1.54, 1.807) is 0 Å². The summed E-state index contributed by atoms with van der Waals surface area (Å²) in [5.41, 5.74) is 7.13. The smallest absolute Gasteiger partial charge is 0.228 e. The molecule has 2 heterocycles. The molecule has 0 atom stereocenters. The van der Waals surface area contributed by atoms with Crippen LogP contribution in [0, 0.1) is 27.7 Å². The Bertz CT molecular complexity index is 949. The summed E-state index contributed by atoms with van der Waals surface area (Å²) in [5, 5.41) is 4.44. The number of fused-ring (bicyclic) bond motifs is 1. The standard InChI is InChI=1S/C21H26N4O/c1-6-9-25(16-7-8-16)21-20-19(22-15(5)23-21)18(24-26-20)17-13(3)10-12(2)11-14(17)4/h10-11,16H,6-9H2,1-5H3. The van der Waals surface area contributed by atoms with Gasteiger partial charge >= 0.3 is 0 Å². The molecule has 0 spiro atoms. The van der Waals surface area contributed by atoms with Gasteiger partial charge < -0.3 is 9.42 Å². The number of aryl methyl sites for hydroxylation is 4. The van der Waals surface area contributed by atoms with Crippen LogP contribution in [0.2, 0.25) is 0 Å². The van der Waals surface area contributed by atoms with Gasteiger partial charge in [-0.2, -0.15) is 0 Å². The van der Waals surface area contributed by atoms with E-state index >= 15 is 0 Å². The van der Waals surface area contributed by atoms with Gasteiger partial charge in [0.25, 0.3) is 0 Å². The molecule has 1 saturated carbocycles. The van der Waals surface area contributed by atoms with Crippen molar-refractivity contribution in [3.63, 3.8) is 0 Å². The second-order valence-corrected chi connectivity index (χ2v) is 7.50. The highest BCUT2D eigenvalue weighted by Gasteiger charge is 2.32. The molecule has 5 heteroatoms. The van der Waals surface area contributed by atoms with Crippen molar-refractivity contribution in [1.82, 2.24) is 15.1 Å². The van der Waals surface area contributed by atoms with Crippen LogP contribution >= 0.6 is 0 Å². The maximum atomic E-state index is 5.82. The summed E-state index contributed by atoms with van der Waals surface area (Å²) < 4.78 is 5.82. The Balaban J connectivity index is 1.92. The van der Waals surface area contributed by atoms with Gasteiger partial charge in [0.05, 0.1) is 0 Å². The fourth-order valence-electron chi connectivity index (χ4n) is 3.93. The highest BCUT2D eigenvalue weighted by atomic mass is 16.5. The van der Waals surface area contributed by atoms with E-state index in [4.69, 9.17) is 14.5 Å². The van der Waals surface area contributed by atoms with E-state index in [0.717, 1.165) is 41.4 Å². The number of nitrogens with zero attached hydrogens (tertiary/aromatic N) is 4. The summed E-state index contributed by atoms with van der Waals surface area (Å²) in [6.07, 6.45) is 3.53. The number of benzene rings is 1. The molecule has 2 aromatic heterocycles. The molecule has 1 fully saturated rings. The van der Waals surface area contributed by atoms with Crippen LogP contribution in [0.1, 0.15) is 48.7 Å². The Morgan fingerprint density at radius 1 is 1.08 bits per heavy atom. The second kappa shape index (κ2) is 6.38. The van der Waals surface area contributed by atoms with E-state index in [-0.39, 0.29) is 0 Å². The topological polar surface area (TPSA) is 55.1 Å². The molecule has 5 nitrogen and oxygen atoms in total. The lowest BCUT2D eigenvalue weighted by atomic mass is 9.97. The van der Waals surface area contributed by atoms with Crippen LogP contribution in [0.15, 0.2) is 16.7 Å². The number of anilines is 1. The lowest BCUT2D eigenvalue weighted by molar-refractivity contribution is 0.457. The van der Waals surface area contributed by atoms with Gasteiger partial charge in [-0.1, -0.05) is 29.8 Å². The SMILES string of the molecule is CCCN(c1nc(C)nc2c(-c3c(C)cc(C)cc3C)noc12)C1CC1. The molecular weight excluding hydrogens is 324 g/mol. The van der Waals surface area contributed by atoms with Crippen LogP contribution in [-0.2, 0) is 0 Å². The van der Waals surface area contributed by atoms with Crippen molar-refractivity contribution < 1.29 is 4.52 Å². The predicted octanol–water partition coefficient (Wildman–Crippen LogP) is 4.90. The zero-order valence-corrected chi connectivity index (χ0v) is 16.3. The third kappa shape index (κ3) is 2.85. The quantitative estimate of drug-likeness (QED) is 0.655.